The van der Waals surface area contributed by atoms with Crippen LogP contribution in [0.2, 0.25) is 5.02 Å². The van der Waals surface area contributed by atoms with E-state index in [9.17, 15) is 5.11 Å². The van der Waals surface area contributed by atoms with E-state index in [1.165, 1.54) is 18.4 Å². The van der Waals surface area contributed by atoms with Crippen molar-refractivity contribution in [1.29, 1.82) is 0 Å². The molecule has 1 saturated carbocycles. The Morgan fingerprint density at radius 2 is 1.81 bits per heavy atom. The van der Waals surface area contributed by atoms with Gasteiger partial charge in [0.2, 0.25) is 0 Å². The molecule has 3 unspecified atom stereocenters. The Bertz CT molecular complexity index is 797. The number of anilines is 1. The Hall–Kier alpha value is -1.40. The predicted octanol–water partition coefficient (Wildman–Crippen LogP) is 4.39. The lowest BCUT2D eigenvalue weighted by Crippen LogP contribution is -2.47. The second-order valence-electron chi connectivity index (χ2n) is 9.57. The molecule has 31 heavy (non-hydrogen) atoms. The van der Waals surface area contributed by atoms with Crippen LogP contribution in [0, 0.1) is 11.8 Å². The number of hydrogen-bond donors (Lipinski definition) is 4. The van der Waals surface area contributed by atoms with Crippen LogP contribution in [0.3, 0.4) is 0 Å². The van der Waals surface area contributed by atoms with Gasteiger partial charge in [-0.25, -0.2) is 4.98 Å². The number of allylic oxidation sites excluding steroid dienone is 3. The highest BCUT2D eigenvalue weighted by Gasteiger charge is 2.29. The van der Waals surface area contributed by atoms with E-state index in [0.717, 1.165) is 50.2 Å². The van der Waals surface area contributed by atoms with Crippen molar-refractivity contribution in [2.45, 2.75) is 76.6 Å². The lowest BCUT2D eigenvalue weighted by molar-refractivity contribution is 0.126. The number of aliphatic hydroxyl groups is 1. The van der Waals surface area contributed by atoms with E-state index in [1.807, 2.05) is 0 Å². The second kappa shape index (κ2) is 10.5. The highest BCUT2D eigenvalue weighted by molar-refractivity contribution is 6.32. The van der Waals surface area contributed by atoms with Gasteiger partial charge >= 0.3 is 0 Å². The summed E-state index contributed by atoms with van der Waals surface area (Å²) in [6.45, 7) is 6.86. The van der Waals surface area contributed by atoms with E-state index in [0.29, 0.717) is 35.0 Å². The third-order valence-electron chi connectivity index (χ3n) is 7.42. The summed E-state index contributed by atoms with van der Waals surface area (Å²) in [5, 5.41) is 21.4. The van der Waals surface area contributed by atoms with Crippen LogP contribution in [0.5, 0.6) is 0 Å². The summed E-state index contributed by atoms with van der Waals surface area (Å²) in [7, 11) is 0. The molecule has 3 aliphatic rings. The third kappa shape index (κ3) is 5.70. The van der Waals surface area contributed by atoms with Crippen LogP contribution in [-0.4, -0.2) is 47.4 Å². The molecule has 170 valence electrons. The number of nitrogens with one attached hydrogen (secondary N) is 3. The molecule has 0 radical (unpaired) electrons. The zero-order valence-electron chi connectivity index (χ0n) is 18.8. The molecule has 2 fully saturated rings. The predicted molar refractivity (Wildman–Crippen MR) is 129 cm³/mol. The van der Waals surface area contributed by atoms with Gasteiger partial charge in [-0.15, -0.1) is 0 Å². The van der Waals surface area contributed by atoms with E-state index in [-0.39, 0.29) is 6.10 Å². The van der Waals surface area contributed by atoms with Gasteiger partial charge in [0, 0.05) is 29.9 Å². The first-order valence-electron chi connectivity index (χ1n) is 12.0. The van der Waals surface area contributed by atoms with Crippen molar-refractivity contribution in [3.63, 3.8) is 0 Å². The quantitative estimate of drug-likeness (QED) is 0.542. The van der Waals surface area contributed by atoms with Crippen molar-refractivity contribution in [1.82, 2.24) is 15.6 Å². The van der Waals surface area contributed by atoms with Crippen LogP contribution < -0.4 is 16.0 Å². The van der Waals surface area contributed by atoms with Gasteiger partial charge in [0.25, 0.3) is 0 Å². The zero-order valence-corrected chi connectivity index (χ0v) is 19.5. The highest BCUT2D eigenvalue weighted by Crippen LogP contribution is 2.37. The summed E-state index contributed by atoms with van der Waals surface area (Å²) in [5.41, 5.74) is 2.34. The summed E-state index contributed by atoms with van der Waals surface area (Å²) >= 11 is 6.64. The fourth-order valence-corrected chi connectivity index (χ4v) is 5.38. The number of nitrogens with zero attached hydrogens (tertiary/aromatic N) is 1. The van der Waals surface area contributed by atoms with Gasteiger partial charge in [0.1, 0.15) is 5.82 Å². The Labute approximate surface area is 191 Å². The van der Waals surface area contributed by atoms with Crippen molar-refractivity contribution >= 4 is 23.0 Å². The molecule has 0 amide bonds. The van der Waals surface area contributed by atoms with E-state index >= 15 is 0 Å². The lowest BCUT2D eigenvalue weighted by Gasteiger charge is -2.33. The first kappa shape index (κ1) is 22.8. The number of halogens is 1. The molecule has 2 aliphatic carbocycles. The highest BCUT2D eigenvalue weighted by atomic mass is 35.5. The molecular formula is C25H37ClN4O. The molecule has 0 aromatic carbocycles. The van der Waals surface area contributed by atoms with E-state index < -0.39 is 0 Å². The molecule has 5 nitrogen and oxygen atoms in total. The van der Waals surface area contributed by atoms with Crippen molar-refractivity contribution in [3.8, 4) is 0 Å². The second-order valence-corrected chi connectivity index (χ2v) is 9.98. The lowest BCUT2D eigenvalue weighted by atomic mass is 9.81. The number of aromatic nitrogens is 1. The normalized spacial score (nSPS) is 32.4. The molecule has 1 aliphatic heterocycles. The van der Waals surface area contributed by atoms with E-state index in [2.05, 4.69) is 59.1 Å². The van der Waals surface area contributed by atoms with Gasteiger partial charge in [-0.05, 0) is 75.1 Å². The van der Waals surface area contributed by atoms with E-state index in [4.69, 9.17) is 11.6 Å². The monoisotopic (exact) mass is 444 g/mol. The third-order valence-corrected chi connectivity index (χ3v) is 7.72. The van der Waals surface area contributed by atoms with Crippen molar-refractivity contribution < 1.29 is 5.11 Å². The van der Waals surface area contributed by atoms with Gasteiger partial charge in [-0.2, -0.15) is 0 Å². The van der Waals surface area contributed by atoms with Crippen molar-refractivity contribution in [3.05, 3.63) is 41.1 Å². The minimum atomic E-state index is -0.150. The van der Waals surface area contributed by atoms with Crippen LogP contribution in [0.4, 0.5) is 5.82 Å². The Kier molecular flexibility index (Phi) is 7.70. The van der Waals surface area contributed by atoms with Gasteiger partial charge in [0.15, 0.2) is 0 Å². The maximum atomic E-state index is 9.77. The molecule has 2 heterocycles. The molecule has 0 bridgehead atoms. The first-order chi connectivity index (χ1) is 15.0. The fourth-order valence-electron chi connectivity index (χ4n) is 5.17. The molecular weight excluding hydrogens is 408 g/mol. The minimum absolute atomic E-state index is 0.150. The average Bonchev–Trinajstić information content (AvgIpc) is 2.91. The Morgan fingerprint density at radius 3 is 2.55 bits per heavy atom. The molecule has 0 spiro atoms. The van der Waals surface area contributed by atoms with Gasteiger partial charge in [-0.1, -0.05) is 43.7 Å². The SMILES string of the molecule is CC1C(c2cc(NC3CCC(O)CC3)ncc2Cl)=CC=CC(NC2CCNCC2)C1C. The average molecular weight is 445 g/mol. The van der Waals surface area contributed by atoms with Gasteiger partial charge in [0.05, 0.1) is 11.1 Å². The summed E-state index contributed by atoms with van der Waals surface area (Å²) in [5.74, 6) is 1.70. The number of piperidine rings is 1. The number of hydrogen-bond acceptors (Lipinski definition) is 5. The number of aliphatic hydroxyl groups excluding tert-OH is 1. The van der Waals surface area contributed by atoms with Gasteiger partial charge in [-0.3, -0.25) is 0 Å². The molecule has 1 aromatic rings. The van der Waals surface area contributed by atoms with Crippen molar-refractivity contribution in [2.75, 3.05) is 18.4 Å². The van der Waals surface area contributed by atoms with Crippen molar-refractivity contribution in [2.24, 2.45) is 11.8 Å². The zero-order chi connectivity index (χ0) is 21.8. The topological polar surface area (TPSA) is 69.2 Å². The summed E-state index contributed by atoms with van der Waals surface area (Å²) < 4.78 is 0. The van der Waals surface area contributed by atoms with Crippen LogP contribution >= 0.6 is 11.6 Å². The Balaban J connectivity index is 1.47. The number of pyridine rings is 1. The molecule has 3 atom stereocenters. The van der Waals surface area contributed by atoms with Gasteiger partial charge < -0.3 is 21.1 Å². The summed E-state index contributed by atoms with van der Waals surface area (Å²) in [6.07, 6.45) is 14.4. The van der Waals surface area contributed by atoms with Crippen LogP contribution in [0.1, 0.15) is 57.9 Å². The Morgan fingerprint density at radius 1 is 1.06 bits per heavy atom. The van der Waals surface area contributed by atoms with E-state index in [1.54, 1.807) is 6.20 Å². The summed E-state index contributed by atoms with van der Waals surface area (Å²) in [6, 6.07) is 3.42. The molecule has 4 N–H and O–H groups in total. The number of rotatable bonds is 5. The van der Waals surface area contributed by atoms with Crippen LogP contribution in [0.15, 0.2) is 30.5 Å². The van der Waals surface area contributed by atoms with Crippen LogP contribution in [0.25, 0.3) is 5.57 Å². The molecule has 1 saturated heterocycles. The van der Waals surface area contributed by atoms with Crippen LogP contribution in [-0.2, 0) is 0 Å². The maximum absolute atomic E-state index is 9.77. The smallest absolute Gasteiger partial charge is 0.126 e. The molecule has 1 aromatic heterocycles. The summed E-state index contributed by atoms with van der Waals surface area (Å²) in [4.78, 5) is 4.54. The largest absolute Gasteiger partial charge is 0.393 e. The molecule has 4 rings (SSSR count). The molecule has 6 heteroatoms. The minimum Gasteiger partial charge on any atom is -0.393 e. The standard InChI is InChI=1S/C25H37ClN4O/c1-16-17(2)24(29-19-10-12-27-13-11-19)5-3-4-21(16)22-14-25(28-15-23(22)26)30-18-6-8-20(31)9-7-18/h3-5,14-20,24,27,29,31H,6-13H2,1-2H3,(H,28,30). The fraction of sp³-hybridized carbons (Fsp3) is 0.640. The maximum Gasteiger partial charge on any atom is 0.126 e. The first-order valence-corrected chi connectivity index (χ1v) is 12.3.